The number of hydrogen-bond donors (Lipinski definition) is 0. The molecule has 0 N–H and O–H groups in total. The van der Waals surface area contributed by atoms with Gasteiger partial charge < -0.3 is 14.3 Å². The summed E-state index contributed by atoms with van der Waals surface area (Å²) in [5.41, 5.74) is 0.807. The van der Waals surface area contributed by atoms with E-state index in [0.717, 1.165) is 38.2 Å². The van der Waals surface area contributed by atoms with E-state index >= 15 is 0 Å². The summed E-state index contributed by atoms with van der Waals surface area (Å²) < 4.78 is 4.85. The minimum Gasteiger partial charge on any atom is -0.364 e. The van der Waals surface area contributed by atoms with E-state index in [1.165, 1.54) is 0 Å². The standard InChI is InChI=1S/C15H25N3O2/c1-4-18-8-5-13(6-9-18)11-15(19)17(3)12(2)14-7-10-20-16-14/h7,10,12-13H,4-6,8-9,11H2,1-3H3/t12-/m0/s1. The number of likely N-dealkylation sites (tertiary alicyclic amines) is 1. The highest BCUT2D eigenvalue weighted by molar-refractivity contribution is 5.76. The Morgan fingerprint density at radius 1 is 1.55 bits per heavy atom. The van der Waals surface area contributed by atoms with Crippen molar-refractivity contribution in [2.75, 3.05) is 26.7 Å². The number of rotatable bonds is 5. The minimum absolute atomic E-state index is 0.0306. The van der Waals surface area contributed by atoms with Crippen molar-refractivity contribution in [1.29, 1.82) is 0 Å². The maximum absolute atomic E-state index is 12.4. The first-order chi connectivity index (χ1) is 9.61. The van der Waals surface area contributed by atoms with E-state index in [1.807, 2.05) is 20.0 Å². The molecule has 5 nitrogen and oxygen atoms in total. The molecule has 0 aromatic carbocycles. The van der Waals surface area contributed by atoms with Crippen LogP contribution in [-0.4, -0.2) is 47.5 Å². The molecule has 1 fully saturated rings. The lowest BCUT2D eigenvalue weighted by atomic mass is 9.93. The van der Waals surface area contributed by atoms with Crippen molar-refractivity contribution in [2.24, 2.45) is 5.92 Å². The molecule has 1 amide bonds. The first kappa shape index (κ1) is 15.0. The number of amides is 1. The molecule has 0 aliphatic carbocycles. The predicted octanol–water partition coefficient (Wildman–Crippen LogP) is 2.32. The van der Waals surface area contributed by atoms with Gasteiger partial charge in [-0.15, -0.1) is 0 Å². The average molecular weight is 279 g/mol. The normalized spacial score (nSPS) is 18.9. The highest BCUT2D eigenvalue weighted by Crippen LogP contribution is 2.23. The van der Waals surface area contributed by atoms with Crippen LogP contribution in [0.3, 0.4) is 0 Å². The van der Waals surface area contributed by atoms with Crippen molar-refractivity contribution < 1.29 is 9.32 Å². The molecule has 0 bridgehead atoms. The fourth-order valence-corrected chi connectivity index (χ4v) is 2.75. The topological polar surface area (TPSA) is 49.6 Å². The maximum atomic E-state index is 12.4. The van der Waals surface area contributed by atoms with Gasteiger partial charge in [0.2, 0.25) is 5.91 Å². The molecule has 1 aromatic heterocycles. The molecule has 112 valence electrons. The summed E-state index contributed by atoms with van der Waals surface area (Å²) in [5.74, 6) is 0.729. The summed E-state index contributed by atoms with van der Waals surface area (Å²) in [6.07, 6.45) is 4.46. The quantitative estimate of drug-likeness (QED) is 0.830. The van der Waals surface area contributed by atoms with Crippen LogP contribution in [0.1, 0.15) is 44.8 Å². The molecule has 2 heterocycles. The summed E-state index contributed by atoms with van der Waals surface area (Å²) >= 11 is 0. The Bertz CT molecular complexity index is 411. The average Bonchev–Trinajstić information content (AvgIpc) is 3.00. The molecule has 20 heavy (non-hydrogen) atoms. The molecule has 0 saturated carbocycles. The number of piperidine rings is 1. The van der Waals surface area contributed by atoms with E-state index in [0.29, 0.717) is 12.3 Å². The molecule has 1 aliphatic heterocycles. The van der Waals surface area contributed by atoms with Crippen LogP contribution in [-0.2, 0) is 4.79 Å². The van der Waals surface area contributed by atoms with Gasteiger partial charge in [0.25, 0.3) is 0 Å². The first-order valence-corrected chi connectivity index (χ1v) is 7.50. The van der Waals surface area contributed by atoms with Crippen LogP contribution in [0.4, 0.5) is 0 Å². The van der Waals surface area contributed by atoms with Crippen LogP contribution in [0.2, 0.25) is 0 Å². The summed E-state index contributed by atoms with van der Waals surface area (Å²) in [6, 6.07) is 1.78. The van der Waals surface area contributed by atoms with Crippen molar-refractivity contribution >= 4 is 5.91 Å². The fraction of sp³-hybridized carbons (Fsp3) is 0.733. The SMILES string of the molecule is CCN1CCC(CC(=O)N(C)[C@@H](C)c2ccon2)CC1. The minimum atomic E-state index is -0.0306. The van der Waals surface area contributed by atoms with Crippen LogP contribution in [0, 0.1) is 5.92 Å². The molecule has 1 saturated heterocycles. The Labute approximate surface area is 120 Å². The van der Waals surface area contributed by atoms with E-state index in [9.17, 15) is 4.79 Å². The van der Waals surface area contributed by atoms with Crippen LogP contribution in [0.15, 0.2) is 16.9 Å². The van der Waals surface area contributed by atoms with Crippen LogP contribution in [0.5, 0.6) is 0 Å². The Hall–Kier alpha value is -1.36. The van der Waals surface area contributed by atoms with Gasteiger partial charge in [-0.25, -0.2) is 0 Å². The lowest BCUT2D eigenvalue weighted by Gasteiger charge is -2.32. The summed E-state index contributed by atoms with van der Waals surface area (Å²) in [7, 11) is 1.85. The van der Waals surface area contributed by atoms with Crippen LogP contribution < -0.4 is 0 Å². The lowest BCUT2D eigenvalue weighted by molar-refractivity contribution is -0.133. The van der Waals surface area contributed by atoms with Crippen molar-refractivity contribution in [3.63, 3.8) is 0 Å². The van der Waals surface area contributed by atoms with E-state index in [4.69, 9.17) is 4.52 Å². The van der Waals surface area contributed by atoms with Gasteiger partial charge in [-0.1, -0.05) is 12.1 Å². The summed E-state index contributed by atoms with van der Waals surface area (Å²) in [5, 5.41) is 3.91. The van der Waals surface area contributed by atoms with Gasteiger partial charge in [0, 0.05) is 19.5 Å². The summed E-state index contributed by atoms with van der Waals surface area (Å²) in [6.45, 7) is 7.53. The molecule has 5 heteroatoms. The highest BCUT2D eigenvalue weighted by Gasteiger charge is 2.25. The maximum Gasteiger partial charge on any atom is 0.223 e. The molecule has 0 spiro atoms. The molecule has 1 aliphatic rings. The lowest BCUT2D eigenvalue weighted by Crippen LogP contribution is -2.36. The Balaban J connectivity index is 1.82. The van der Waals surface area contributed by atoms with Gasteiger partial charge in [0.15, 0.2) is 0 Å². The molecular formula is C15H25N3O2. The van der Waals surface area contributed by atoms with Gasteiger partial charge in [-0.05, 0) is 45.3 Å². The Kier molecular flexibility index (Phi) is 5.17. The zero-order valence-corrected chi connectivity index (χ0v) is 12.7. The molecular weight excluding hydrogens is 254 g/mol. The summed E-state index contributed by atoms with van der Waals surface area (Å²) in [4.78, 5) is 16.6. The predicted molar refractivity (Wildman–Crippen MR) is 77.1 cm³/mol. The zero-order valence-electron chi connectivity index (χ0n) is 12.7. The third-order valence-corrected chi connectivity index (χ3v) is 4.48. The number of carbonyl (C=O) groups is 1. The fourth-order valence-electron chi connectivity index (χ4n) is 2.75. The Morgan fingerprint density at radius 3 is 2.80 bits per heavy atom. The van der Waals surface area contributed by atoms with Gasteiger partial charge in [-0.3, -0.25) is 4.79 Å². The highest BCUT2D eigenvalue weighted by atomic mass is 16.5. The number of hydrogen-bond acceptors (Lipinski definition) is 4. The number of aromatic nitrogens is 1. The van der Waals surface area contributed by atoms with E-state index in [2.05, 4.69) is 17.0 Å². The monoisotopic (exact) mass is 279 g/mol. The zero-order chi connectivity index (χ0) is 14.5. The van der Waals surface area contributed by atoms with Crippen molar-refractivity contribution in [1.82, 2.24) is 15.0 Å². The molecule has 0 unspecified atom stereocenters. The van der Waals surface area contributed by atoms with Gasteiger partial charge in [-0.2, -0.15) is 0 Å². The third-order valence-electron chi connectivity index (χ3n) is 4.48. The largest absolute Gasteiger partial charge is 0.364 e. The molecule has 0 radical (unpaired) electrons. The van der Waals surface area contributed by atoms with Crippen LogP contribution >= 0.6 is 0 Å². The smallest absolute Gasteiger partial charge is 0.223 e. The molecule has 1 aromatic rings. The van der Waals surface area contributed by atoms with Gasteiger partial charge >= 0.3 is 0 Å². The van der Waals surface area contributed by atoms with Crippen molar-refractivity contribution in [2.45, 2.75) is 39.2 Å². The molecule has 1 atom stereocenters. The second kappa shape index (κ2) is 6.88. The Morgan fingerprint density at radius 2 is 2.25 bits per heavy atom. The van der Waals surface area contributed by atoms with E-state index in [1.54, 1.807) is 11.2 Å². The van der Waals surface area contributed by atoms with E-state index < -0.39 is 0 Å². The molecule has 2 rings (SSSR count). The number of carbonyl (C=O) groups excluding carboxylic acids is 1. The first-order valence-electron chi connectivity index (χ1n) is 7.50. The van der Waals surface area contributed by atoms with Crippen LogP contribution in [0.25, 0.3) is 0 Å². The third kappa shape index (κ3) is 3.60. The van der Waals surface area contributed by atoms with Crippen molar-refractivity contribution in [3.8, 4) is 0 Å². The second-order valence-electron chi connectivity index (χ2n) is 5.69. The van der Waals surface area contributed by atoms with Gasteiger partial charge in [0.1, 0.15) is 12.0 Å². The number of nitrogens with zero attached hydrogens (tertiary/aromatic N) is 3. The van der Waals surface area contributed by atoms with E-state index in [-0.39, 0.29) is 11.9 Å². The van der Waals surface area contributed by atoms with Gasteiger partial charge in [0.05, 0.1) is 6.04 Å². The second-order valence-corrected chi connectivity index (χ2v) is 5.69. The van der Waals surface area contributed by atoms with Crippen molar-refractivity contribution in [3.05, 3.63) is 18.0 Å².